The van der Waals surface area contributed by atoms with E-state index >= 15 is 0 Å². The number of ether oxygens (including phenoxy) is 1. The first kappa shape index (κ1) is 13.7. The molecule has 0 saturated carbocycles. The van der Waals surface area contributed by atoms with Crippen molar-refractivity contribution in [3.05, 3.63) is 41.8 Å². The molecule has 1 aromatic carbocycles. The minimum atomic E-state index is 0.250. The molecule has 1 aliphatic heterocycles. The highest BCUT2D eigenvalue weighted by Crippen LogP contribution is 2.30. The first-order chi connectivity index (χ1) is 10.8. The largest absolute Gasteiger partial charge is 0.381 e. The summed E-state index contributed by atoms with van der Waals surface area (Å²) >= 11 is 6.15. The molecule has 1 saturated heterocycles. The van der Waals surface area contributed by atoms with Crippen LogP contribution in [0.5, 0.6) is 0 Å². The summed E-state index contributed by atoms with van der Waals surface area (Å²) in [6, 6.07) is 10.3. The third-order valence-corrected chi connectivity index (χ3v) is 4.18. The third-order valence-electron chi connectivity index (χ3n) is 4.01. The summed E-state index contributed by atoms with van der Waals surface area (Å²) in [4.78, 5) is 8.82. The first-order valence-corrected chi connectivity index (χ1v) is 7.74. The van der Waals surface area contributed by atoms with Crippen molar-refractivity contribution in [3.8, 4) is 11.3 Å². The number of hydrogen-bond donors (Lipinski definition) is 0. The van der Waals surface area contributed by atoms with Crippen LogP contribution in [0.4, 0.5) is 0 Å². The highest BCUT2D eigenvalue weighted by Gasteiger charge is 2.21. The second-order valence-corrected chi connectivity index (χ2v) is 5.72. The molecule has 0 bridgehead atoms. The maximum Gasteiger partial charge on any atom is 0.225 e. The second kappa shape index (κ2) is 5.66. The van der Waals surface area contributed by atoms with Gasteiger partial charge in [0.25, 0.3) is 0 Å². The van der Waals surface area contributed by atoms with Gasteiger partial charge in [0.1, 0.15) is 0 Å². The molecule has 0 aliphatic carbocycles. The van der Waals surface area contributed by atoms with Gasteiger partial charge in [-0.3, -0.25) is 0 Å². The maximum absolute atomic E-state index is 6.15. The van der Waals surface area contributed by atoms with Crippen LogP contribution in [0.2, 0.25) is 5.28 Å². The molecule has 0 N–H and O–H groups in total. The molecule has 3 heterocycles. The summed E-state index contributed by atoms with van der Waals surface area (Å²) in [6.07, 6.45) is 3.72. The SMILES string of the molecule is Clc1nc(-c2ccccc2)c2cnn(C3CCOCC3)c2n1. The van der Waals surface area contributed by atoms with E-state index in [4.69, 9.17) is 16.3 Å². The highest BCUT2D eigenvalue weighted by atomic mass is 35.5. The van der Waals surface area contributed by atoms with Gasteiger partial charge in [0.2, 0.25) is 5.28 Å². The summed E-state index contributed by atoms with van der Waals surface area (Å²) in [5.41, 5.74) is 2.64. The zero-order chi connectivity index (χ0) is 14.9. The smallest absolute Gasteiger partial charge is 0.225 e. The van der Waals surface area contributed by atoms with Gasteiger partial charge < -0.3 is 4.74 Å². The Morgan fingerprint density at radius 2 is 1.86 bits per heavy atom. The molecule has 6 heteroatoms. The fourth-order valence-electron chi connectivity index (χ4n) is 2.91. The summed E-state index contributed by atoms with van der Waals surface area (Å²) in [6.45, 7) is 1.52. The van der Waals surface area contributed by atoms with E-state index in [-0.39, 0.29) is 5.28 Å². The van der Waals surface area contributed by atoms with E-state index in [1.165, 1.54) is 0 Å². The van der Waals surface area contributed by atoms with Crippen molar-refractivity contribution >= 4 is 22.6 Å². The van der Waals surface area contributed by atoms with Gasteiger partial charge in [0.15, 0.2) is 5.65 Å². The Morgan fingerprint density at radius 1 is 1.09 bits per heavy atom. The van der Waals surface area contributed by atoms with Crippen molar-refractivity contribution in [2.45, 2.75) is 18.9 Å². The van der Waals surface area contributed by atoms with Gasteiger partial charge >= 0.3 is 0 Å². The number of halogens is 1. The normalized spacial score (nSPS) is 16.2. The van der Waals surface area contributed by atoms with E-state index in [0.717, 1.165) is 48.3 Å². The Morgan fingerprint density at radius 3 is 2.64 bits per heavy atom. The molecular formula is C16H15ClN4O. The van der Waals surface area contributed by atoms with Gasteiger partial charge in [-0.05, 0) is 24.4 Å². The van der Waals surface area contributed by atoms with Crippen molar-refractivity contribution in [3.63, 3.8) is 0 Å². The molecule has 0 spiro atoms. The van der Waals surface area contributed by atoms with E-state index in [1.807, 2.05) is 41.2 Å². The lowest BCUT2D eigenvalue weighted by molar-refractivity contribution is 0.0673. The van der Waals surface area contributed by atoms with Crippen molar-refractivity contribution in [1.82, 2.24) is 19.7 Å². The van der Waals surface area contributed by atoms with E-state index in [0.29, 0.717) is 6.04 Å². The molecule has 5 nitrogen and oxygen atoms in total. The van der Waals surface area contributed by atoms with E-state index in [2.05, 4.69) is 15.1 Å². The monoisotopic (exact) mass is 314 g/mol. The van der Waals surface area contributed by atoms with Gasteiger partial charge in [-0.2, -0.15) is 10.1 Å². The highest BCUT2D eigenvalue weighted by molar-refractivity contribution is 6.28. The number of nitrogens with zero attached hydrogens (tertiary/aromatic N) is 4. The molecule has 112 valence electrons. The van der Waals surface area contributed by atoms with Crippen LogP contribution in [0.1, 0.15) is 18.9 Å². The molecule has 22 heavy (non-hydrogen) atoms. The van der Waals surface area contributed by atoms with Gasteiger partial charge in [-0.1, -0.05) is 30.3 Å². The van der Waals surface area contributed by atoms with Gasteiger partial charge in [-0.25, -0.2) is 9.67 Å². The maximum atomic E-state index is 6.15. The van der Waals surface area contributed by atoms with E-state index < -0.39 is 0 Å². The van der Waals surface area contributed by atoms with Crippen molar-refractivity contribution < 1.29 is 4.74 Å². The molecule has 0 unspecified atom stereocenters. The molecule has 0 radical (unpaired) electrons. The molecule has 0 atom stereocenters. The van der Waals surface area contributed by atoms with Crippen LogP contribution >= 0.6 is 11.6 Å². The Hall–Kier alpha value is -1.98. The molecule has 0 amide bonds. The van der Waals surface area contributed by atoms with Crippen molar-refractivity contribution in [1.29, 1.82) is 0 Å². The number of benzene rings is 1. The Bertz CT molecular complexity index is 797. The Balaban J connectivity index is 1.87. The minimum absolute atomic E-state index is 0.250. The summed E-state index contributed by atoms with van der Waals surface area (Å²) in [5, 5.41) is 5.73. The summed E-state index contributed by atoms with van der Waals surface area (Å²) < 4.78 is 7.40. The zero-order valence-electron chi connectivity index (χ0n) is 11.9. The molecule has 3 aromatic rings. The van der Waals surface area contributed by atoms with Crippen molar-refractivity contribution in [2.75, 3.05) is 13.2 Å². The van der Waals surface area contributed by atoms with Gasteiger partial charge in [0.05, 0.1) is 23.3 Å². The van der Waals surface area contributed by atoms with Crippen LogP contribution in [0, 0.1) is 0 Å². The number of rotatable bonds is 2. The lowest BCUT2D eigenvalue weighted by atomic mass is 10.1. The Kier molecular flexibility index (Phi) is 3.52. The van der Waals surface area contributed by atoms with Gasteiger partial charge in [-0.15, -0.1) is 0 Å². The average Bonchev–Trinajstić information content (AvgIpc) is 2.99. The predicted octanol–water partition coefficient (Wildman–Crippen LogP) is 3.50. The lowest BCUT2D eigenvalue weighted by Gasteiger charge is -2.22. The predicted molar refractivity (Wildman–Crippen MR) is 84.9 cm³/mol. The molecule has 1 fully saturated rings. The van der Waals surface area contributed by atoms with Crippen LogP contribution in [-0.4, -0.2) is 33.0 Å². The van der Waals surface area contributed by atoms with Crippen LogP contribution in [0.15, 0.2) is 36.5 Å². The van der Waals surface area contributed by atoms with Crippen LogP contribution < -0.4 is 0 Å². The van der Waals surface area contributed by atoms with Crippen LogP contribution in [0.3, 0.4) is 0 Å². The number of aromatic nitrogens is 4. The van der Waals surface area contributed by atoms with Gasteiger partial charge in [0, 0.05) is 18.8 Å². The molecule has 4 rings (SSSR count). The number of hydrogen-bond acceptors (Lipinski definition) is 4. The van der Waals surface area contributed by atoms with E-state index in [9.17, 15) is 0 Å². The first-order valence-electron chi connectivity index (χ1n) is 7.37. The topological polar surface area (TPSA) is 52.8 Å². The van der Waals surface area contributed by atoms with Crippen LogP contribution in [-0.2, 0) is 4.74 Å². The molecule has 2 aromatic heterocycles. The van der Waals surface area contributed by atoms with Crippen molar-refractivity contribution in [2.24, 2.45) is 0 Å². The molecule has 1 aliphatic rings. The number of fused-ring (bicyclic) bond motifs is 1. The fraction of sp³-hybridized carbons (Fsp3) is 0.312. The standard InChI is InChI=1S/C16H15ClN4O/c17-16-19-14(11-4-2-1-3-5-11)13-10-18-21(15(13)20-16)12-6-8-22-9-7-12/h1-5,10,12H,6-9H2. The average molecular weight is 315 g/mol. The zero-order valence-corrected chi connectivity index (χ0v) is 12.7. The lowest BCUT2D eigenvalue weighted by Crippen LogP contribution is -2.20. The third kappa shape index (κ3) is 2.36. The van der Waals surface area contributed by atoms with Crippen LogP contribution in [0.25, 0.3) is 22.3 Å². The summed E-state index contributed by atoms with van der Waals surface area (Å²) in [5.74, 6) is 0. The quantitative estimate of drug-likeness (QED) is 0.679. The summed E-state index contributed by atoms with van der Waals surface area (Å²) in [7, 11) is 0. The second-order valence-electron chi connectivity index (χ2n) is 5.38. The minimum Gasteiger partial charge on any atom is -0.381 e. The fourth-order valence-corrected chi connectivity index (χ4v) is 3.08. The Labute approximate surface area is 132 Å². The molecular weight excluding hydrogens is 300 g/mol. The van der Waals surface area contributed by atoms with E-state index in [1.54, 1.807) is 0 Å².